The van der Waals surface area contributed by atoms with Crippen LogP contribution in [0.3, 0.4) is 0 Å². The Morgan fingerprint density at radius 1 is 1.55 bits per heavy atom. The van der Waals surface area contributed by atoms with Crippen LogP contribution in [-0.4, -0.2) is 11.0 Å². The quantitative estimate of drug-likeness (QED) is 0.360. The van der Waals surface area contributed by atoms with E-state index in [1.807, 2.05) is 13.0 Å². The zero-order valence-electron chi connectivity index (χ0n) is 6.20. The Kier molecular flexibility index (Phi) is 5.02. The maximum Gasteiger partial charge on any atom is 0.250 e. The largest absolute Gasteiger partial charge is 0.376 e. The highest BCUT2D eigenvalue weighted by atomic mass is 32.1. The summed E-state index contributed by atoms with van der Waals surface area (Å²) in [5, 5.41) is 2.24. The van der Waals surface area contributed by atoms with Crippen LogP contribution in [0.15, 0.2) is 24.3 Å². The molecule has 4 heteroatoms. The molecule has 0 bridgehead atoms. The summed E-state index contributed by atoms with van der Waals surface area (Å²) in [6, 6.07) is 0. The van der Waals surface area contributed by atoms with Gasteiger partial charge in [-0.3, -0.25) is 10.1 Å². The van der Waals surface area contributed by atoms with Gasteiger partial charge in [0.25, 0.3) is 0 Å². The summed E-state index contributed by atoms with van der Waals surface area (Å²) in [6.07, 6.45) is 6.50. The molecule has 0 fully saturated rings. The third-order valence-electron chi connectivity index (χ3n) is 0.798. The maximum atomic E-state index is 10.7. The van der Waals surface area contributed by atoms with Crippen LogP contribution in [0.25, 0.3) is 0 Å². The minimum atomic E-state index is -0.310. The lowest BCUT2D eigenvalue weighted by atomic mass is 10.4. The first-order valence-electron chi connectivity index (χ1n) is 3.06. The van der Waals surface area contributed by atoms with Crippen LogP contribution in [0.5, 0.6) is 0 Å². The molecule has 0 atom stereocenters. The summed E-state index contributed by atoms with van der Waals surface area (Å²) in [6.45, 7) is 1.86. The van der Waals surface area contributed by atoms with Crippen molar-refractivity contribution in [2.24, 2.45) is 5.73 Å². The van der Waals surface area contributed by atoms with Gasteiger partial charge in [0.05, 0.1) is 0 Å². The first-order valence-corrected chi connectivity index (χ1v) is 3.47. The average Bonchev–Trinajstić information content (AvgIpc) is 1.86. The third kappa shape index (κ3) is 6.73. The van der Waals surface area contributed by atoms with Crippen molar-refractivity contribution in [3.63, 3.8) is 0 Å². The molecule has 0 heterocycles. The summed E-state index contributed by atoms with van der Waals surface area (Å²) in [4.78, 5) is 10.7. The second kappa shape index (κ2) is 5.61. The van der Waals surface area contributed by atoms with Crippen LogP contribution in [0, 0.1) is 0 Å². The predicted octanol–water partition coefficient (Wildman–Crippen LogP) is 0.479. The molecule has 0 aliphatic heterocycles. The molecule has 3 N–H and O–H groups in total. The molecule has 60 valence electrons. The number of allylic oxidation sites excluding steroid dienone is 3. The molecular formula is C7H10N2OS. The van der Waals surface area contributed by atoms with Crippen molar-refractivity contribution < 1.29 is 4.79 Å². The van der Waals surface area contributed by atoms with E-state index in [-0.39, 0.29) is 11.0 Å². The lowest BCUT2D eigenvalue weighted by Crippen LogP contribution is -2.33. The van der Waals surface area contributed by atoms with Crippen molar-refractivity contribution in [2.75, 3.05) is 0 Å². The minimum Gasteiger partial charge on any atom is -0.376 e. The highest BCUT2D eigenvalue weighted by molar-refractivity contribution is 7.80. The van der Waals surface area contributed by atoms with Crippen LogP contribution in [0.4, 0.5) is 0 Å². The summed E-state index contributed by atoms with van der Waals surface area (Å²) >= 11 is 4.44. The van der Waals surface area contributed by atoms with Gasteiger partial charge in [0.1, 0.15) is 0 Å². The Hall–Kier alpha value is -1.16. The number of rotatable bonds is 2. The lowest BCUT2D eigenvalue weighted by molar-refractivity contribution is -0.115. The number of hydrogen-bond acceptors (Lipinski definition) is 2. The van der Waals surface area contributed by atoms with E-state index >= 15 is 0 Å². The van der Waals surface area contributed by atoms with Crippen LogP contribution in [0.1, 0.15) is 6.92 Å². The Morgan fingerprint density at radius 2 is 2.18 bits per heavy atom. The molecule has 0 radical (unpaired) electrons. The first kappa shape index (κ1) is 9.84. The molecule has 0 aromatic heterocycles. The van der Waals surface area contributed by atoms with E-state index in [0.717, 1.165) is 0 Å². The normalized spacial score (nSPS) is 10.6. The zero-order chi connectivity index (χ0) is 8.69. The van der Waals surface area contributed by atoms with E-state index in [4.69, 9.17) is 5.73 Å². The van der Waals surface area contributed by atoms with Crippen LogP contribution in [0.2, 0.25) is 0 Å². The van der Waals surface area contributed by atoms with Crippen molar-refractivity contribution in [3.8, 4) is 0 Å². The lowest BCUT2D eigenvalue weighted by Gasteiger charge is -1.94. The molecule has 3 nitrogen and oxygen atoms in total. The second-order valence-electron chi connectivity index (χ2n) is 1.74. The first-order chi connectivity index (χ1) is 5.16. The number of thiocarbonyl (C=S) groups is 1. The summed E-state index contributed by atoms with van der Waals surface area (Å²) in [5.74, 6) is -0.310. The Balaban J connectivity index is 3.78. The van der Waals surface area contributed by atoms with Crippen molar-refractivity contribution in [1.29, 1.82) is 0 Å². The summed E-state index contributed by atoms with van der Waals surface area (Å²) in [5.41, 5.74) is 5.05. The number of nitrogens with one attached hydrogen (secondary N) is 1. The monoisotopic (exact) mass is 170 g/mol. The molecule has 0 aromatic rings. The van der Waals surface area contributed by atoms with E-state index in [9.17, 15) is 4.79 Å². The molecule has 0 aromatic carbocycles. The Bertz CT molecular complexity index is 208. The zero-order valence-corrected chi connectivity index (χ0v) is 7.02. The third-order valence-corrected chi connectivity index (χ3v) is 0.900. The van der Waals surface area contributed by atoms with Crippen LogP contribution >= 0.6 is 12.2 Å². The molecule has 0 aliphatic rings. The molecule has 11 heavy (non-hydrogen) atoms. The highest BCUT2D eigenvalue weighted by Crippen LogP contribution is 1.76. The van der Waals surface area contributed by atoms with Gasteiger partial charge in [0.15, 0.2) is 5.11 Å². The van der Waals surface area contributed by atoms with Gasteiger partial charge >= 0.3 is 0 Å². The van der Waals surface area contributed by atoms with E-state index < -0.39 is 0 Å². The number of hydrogen-bond donors (Lipinski definition) is 2. The van der Waals surface area contributed by atoms with Crippen molar-refractivity contribution in [3.05, 3.63) is 24.3 Å². The fourth-order valence-corrected chi connectivity index (χ4v) is 0.518. The molecule has 0 saturated carbocycles. The molecule has 0 rings (SSSR count). The van der Waals surface area contributed by atoms with Crippen molar-refractivity contribution in [2.45, 2.75) is 6.92 Å². The van der Waals surface area contributed by atoms with Gasteiger partial charge < -0.3 is 5.73 Å². The van der Waals surface area contributed by atoms with Crippen LogP contribution in [-0.2, 0) is 4.79 Å². The summed E-state index contributed by atoms with van der Waals surface area (Å²) in [7, 11) is 0. The van der Waals surface area contributed by atoms with Gasteiger partial charge in [-0.2, -0.15) is 0 Å². The van der Waals surface area contributed by atoms with E-state index in [1.54, 1.807) is 12.2 Å². The van der Waals surface area contributed by atoms with E-state index in [1.165, 1.54) is 6.08 Å². The number of nitrogens with two attached hydrogens (primary N) is 1. The number of carbonyl (C=O) groups is 1. The molecule has 0 spiro atoms. The molecular weight excluding hydrogens is 160 g/mol. The molecule has 0 aliphatic carbocycles. The van der Waals surface area contributed by atoms with E-state index in [0.29, 0.717) is 0 Å². The standard InChI is InChI=1S/C7H10N2OS/c1-2-3-4-5-6(10)9-7(8)11/h2-5H,1H3,(H3,8,9,10,11). The fourth-order valence-electron chi connectivity index (χ4n) is 0.417. The van der Waals surface area contributed by atoms with Gasteiger partial charge in [0, 0.05) is 6.08 Å². The average molecular weight is 170 g/mol. The predicted molar refractivity (Wildman–Crippen MR) is 48.9 cm³/mol. The van der Waals surface area contributed by atoms with Gasteiger partial charge in [0.2, 0.25) is 5.91 Å². The maximum absolute atomic E-state index is 10.7. The molecule has 1 amide bonds. The smallest absolute Gasteiger partial charge is 0.250 e. The highest BCUT2D eigenvalue weighted by Gasteiger charge is 1.92. The van der Waals surface area contributed by atoms with Gasteiger partial charge in [-0.1, -0.05) is 18.2 Å². The van der Waals surface area contributed by atoms with E-state index in [2.05, 4.69) is 17.5 Å². The van der Waals surface area contributed by atoms with Gasteiger partial charge in [-0.15, -0.1) is 0 Å². The second-order valence-corrected chi connectivity index (χ2v) is 2.18. The van der Waals surface area contributed by atoms with Crippen molar-refractivity contribution in [1.82, 2.24) is 5.32 Å². The number of carbonyl (C=O) groups excluding carboxylic acids is 1. The van der Waals surface area contributed by atoms with Crippen molar-refractivity contribution >= 4 is 23.2 Å². The Labute approximate surface area is 71.0 Å². The fraction of sp³-hybridized carbons (Fsp3) is 0.143. The van der Waals surface area contributed by atoms with Crippen LogP contribution < -0.4 is 11.1 Å². The Morgan fingerprint density at radius 3 is 2.64 bits per heavy atom. The molecule has 0 saturated heterocycles. The van der Waals surface area contributed by atoms with Gasteiger partial charge in [-0.25, -0.2) is 0 Å². The number of amides is 1. The SMILES string of the molecule is CC=CC=CC(=O)NC(N)=S. The molecule has 0 unspecified atom stereocenters. The summed E-state index contributed by atoms with van der Waals surface area (Å²) < 4.78 is 0. The minimum absolute atomic E-state index is 0.0138. The van der Waals surface area contributed by atoms with Gasteiger partial charge in [-0.05, 0) is 19.1 Å². The topological polar surface area (TPSA) is 55.1 Å².